The van der Waals surface area contributed by atoms with E-state index in [4.69, 9.17) is 9.84 Å². The van der Waals surface area contributed by atoms with Gasteiger partial charge in [0.25, 0.3) is 11.8 Å². The largest absolute Gasteiger partial charge is 0.339 e. The third-order valence-corrected chi connectivity index (χ3v) is 7.24. The monoisotopic (exact) mass is 572 g/mol. The molecule has 6 rings (SSSR count). The molecule has 3 aromatic carbocycles. The number of ether oxygens (including phenoxy) is 1. The summed E-state index contributed by atoms with van der Waals surface area (Å²) in [5.74, 6) is -0.727. The standard InChI is InChI=1S/C29H22BrFN4O3/c1-17-28(37)34(13-12-18-2-3-20-15-26(36)32-25(20)14-18)29(38-17)27-24(19-4-8-22(31)9-5-19)16-35(33-27)23-10-6-21(30)7-11-23/h2-11,14-17,29H,12-13H2,1H3/t17?,29-/m0/s1. The fourth-order valence-electron chi connectivity index (χ4n) is 4.76. The van der Waals surface area contributed by atoms with E-state index in [1.165, 1.54) is 18.2 Å². The minimum Gasteiger partial charge on any atom is -0.339 e. The van der Waals surface area contributed by atoms with Crippen molar-refractivity contribution in [1.82, 2.24) is 14.7 Å². The van der Waals surface area contributed by atoms with Gasteiger partial charge in [0.15, 0.2) is 6.23 Å². The smallest absolute Gasteiger partial charge is 0.270 e. The van der Waals surface area contributed by atoms with Gasteiger partial charge in [0.05, 0.1) is 11.0 Å². The highest BCUT2D eigenvalue weighted by Crippen LogP contribution is 2.37. The van der Waals surface area contributed by atoms with Crippen molar-refractivity contribution in [3.63, 3.8) is 0 Å². The van der Waals surface area contributed by atoms with E-state index in [2.05, 4.69) is 20.9 Å². The first-order valence-electron chi connectivity index (χ1n) is 12.2. The average Bonchev–Trinajstić information content (AvgIpc) is 3.58. The molecule has 1 aromatic heterocycles. The van der Waals surface area contributed by atoms with Gasteiger partial charge in [-0.1, -0.05) is 40.2 Å². The molecule has 0 spiro atoms. The number of amides is 2. The maximum atomic E-state index is 13.7. The van der Waals surface area contributed by atoms with Gasteiger partial charge in [-0.15, -0.1) is 0 Å². The second kappa shape index (κ2) is 9.74. The number of rotatable bonds is 6. The molecule has 3 heterocycles. The number of halogens is 2. The summed E-state index contributed by atoms with van der Waals surface area (Å²) in [5, 5.41) is 6.30. The molecule has 0 aliphatic carbocycles. The Hall–Kier alpha value is -3.95. The molecular weight excluding hydrogens is 551 g/mol. The van der Waals surface area contributed by atoms with E-state index in [1.54, 1.807) is 28.6 Å². The molecule has 7 nitrogen and oxygen atoms in total. The molecule has 2 atom stereocenters. The molecular formula is C29H22BrFN4O3. The van der Waals surface area contributed by atoms with Crippen molar-refractivity contribution in [2.24, 2.45) is 4.99 Å². The van der Waals surface area contributed by atoms with E-state index in [-0.39, 0.29) is 17.6 Å². The summed E-state index contributed by atoms with van der Waals surface area (Å²) < 4.78 is 22.6. The molecule has 38 heavy (non-hydrogen) atoms. The summed E-state index contributed by atoms with van der Waals surface area (Å²) in [6.07, 6.45) is 2.57. The zero-order chi connectivity index (χ0) is 26.4. The molecule has 0 saturated carbocycles. The van der Waals surface area contributed by atoms with Gasteiger partial charge in [-0.05, 0) is 66.9 Å². The van der Waals surface area contributed by atoms with Crippen LogP contribution >= 0.6 is 15.9 Å². The van der Waals surface area contributed by atoms with Gasteiger partial charge in [0.2, 0.25) is 0 Å². The SMILES string of the molecule is CC1O[C@@H](c2nn(-c3ccc(Br)cc3)cc2-c2ccc(F)cc2)N(CCc2ccc3c(c2)=NC(=O)C=3)C1=O. The number of aromatic nitrogens is 2. The molecule has 0 N–H and O–H groups in total. The van der Waals surface area contributed by atoms with E-state index in [0.717, 1.165) is 32.1 Å². The first kappa shape index (κ1) is 24.4. The number of hydrogen-bond donors (Lipinski definition) is 0. The van der Waals surface area contributed by atoms with Crippen LogP contribution in [0.25, 0.3) is 22.9 Å². The van der Waals surface area contributed by atoms with Crippen molar-refractivity contribution in [3.8, 4) is 16.8 Å². The quantitative estimate of drug-likeness (QED) is 0.351. The topological polar surface area (TPSA) is 76.8 Å². The lowest BCUT2D eigenvalue weighted by atomic mass is 10.0. The zero-order valence-electron chi connectivity index (χ0n) is 20.3. The number of benzene rings is 3. The number of carbonyl (C=O) groups excluding carboxylic acids is 2. The summed E-state index contributed by atoms with van der Waals surface area (Å²) in [6, 6.07) is 19.6. The van der Waals surface area contributed by atoms with E-state index >= 15 is 0 Å². The lowest BCUT2D eigenvalue weighted by molar-refractivity contribution is -0.130. The predicted molar refractivity (Wildman–Crippen MR) is 142 cm³/mol. The van der Waals surface area contributed by atoms with Crippen LogP contribution in [-0.2, 0) is 20.7 Å². The minimum atomic E-state index is -0.719. The number of fused-ring (bicyclic) bond motifs is 1. The Morgan fingerprint density at radius 1 is 1.03 bits per heavy atom. The van der Waals surface area contributed by atoms with Gasteiger partial charge in [0, 0.05) is 34.1 Å². The van der Waals surface area contributed by atoms with Crippen LogP contribution in [0.2, 0.25) is 0 Å². The number of hydrogen-bond acceptors (Lipinski definition) is 4. The molecule has 0 bridgehead atoms. The van der Waals surface area contributed by atoms with E-state index in [9.17, 15) is 14.0 Å². The molecule has 190 valence electrons. The highest BCUT2D eigenvalue weighted by Gasteiger charge is 2.41. The van der Waals surface area contributed by atoms with E-state index in [0.29, 0.717) is 24.0 Å². The molecule has 0 radical (unpaired) electrons. The average molecular weight is 573 g/mol. The van der Waals surface area contributed by atoms with Gasteiger partial charge in [-0.25, -0.2) is 14.1 Å². The van der Waals surface area contributed by atoms with Gasteiger partial charge in [-0.2, -0.15) is 5.10 Å². The van der Waals surface area contributed by atoms with Gasteiger partial charge >= 0.3 is 0 Å². The van der Waals surface area contributed by atoms with Crippen molar-refractivity contribution in [2.45, 2.75) is 25.7 Å². The van der Waals surface area contributed by atoms with Crippen molar-refractivity contribution in [3.05, 3.63) is 105 Å². The van der Waals surface area contributed by atoms with Crippen molar-refractivity contribution in [2.75, 3.05) is 6.54 Å². The molecule has 1 saturated heterocycles. The van der Waals surface area contributed by atoms with Crippen LogP contribution < -0.4 is 10.6 Å². The summed E-state index contributed by atoms with van der Waals surface area (Å²) in [6.45, 7) is 2.12. The number of carbonyl (C=O) groups is 2. The van der Waals surface area contributed by atoms with Gasteiger partial charge < -0.3 is 9.64 Å². The van der Waals surface area contributed by atoms with Crippen LogP contribution in [0.15, 0.2) is 82.4 Å². The first-order valence-corrected chi connectivity index (χ1v) is 13.0. The molecule has 2 aliphatic rings. The third kappa shape index (κ3) is 4.59. The van der Waals surface area contributed by atoms with Crippen LogP contribution in [0.3, 0.4) is 0 Å². The summed E-state index contributed by atoms with van der Waals surface area (Å²) in [5.41, 5.74) is 3.87. The van der Waals surface area contributed by atoms with Crippen LogP contribution in [-0.4, -0.2) is 39.1 Å². The fourth-order valence-corrected chi connectivity index (χ4v) is 5.02. The maximum absolute atomic E-state index is 13.7. The number of nitrogens with zero attached hydrogens (tertiary/aromatic N) is 4. The second-order valence-corrected chi connectivity index (χ2v) is 10.2. The maximum Gasteiger partial charge on any atom is 0.270 e. The Morgan fingerprint density at radius 2 is 1.79 bits per heavy atom. The zero-order valence-corrected chi connectivity index (χ0v) is 21.9. The van der Waals surface area contributed by atoms with Gasteiger partial charge in [-0.3, -0.25) is 9.59 Å². The third-order valence-electron chi connectivity index (χ3n) is 6.72. The highest BCUT2D eigenvalue weighted by molar-refractivity contribution is 9.10. The first-order chi connectivity index (χ1) is 18.4. The van der Waals surface area contributed by atoms with Crippen LogP contribution in [0.4, 0.5) is 4.39 Å². The Balaban J connectivity index is 1.36. The minimum absolute atomic E-state index is 0.132. The van der Waals surface area contributed by atoms with E-state index in [1.807, 2.05) is 48.7 Å². The molecule has 1 fully saturated rings. The Kier molecular flexibility index (Phi) is 6.25. The molecule has 2 amide bonds. The summed E-state index contributed by atoms with van der Waals surface area (Å²) in [7, 11) is 0. The normalized spacial score (nSPS) is 18.4. The van der Waals surface area contributed by atoms with Gasteiger partial charge in [0.1, 0.15) is 17.6 Å². The Bertz CT molecular complexity index is 1680. The Labute approximate surface area is 226 Å². The molecule has 4 aromatic rings. The van der Waals surface area contributed by atoms with Crippen molar-refractivity contribution >= 4 is 33.8 Å². The van der Waals surface area contributed by atoms with Crippen molar-refractivity contribution in [1.29, 1.82) is 0 Å². The second-order valence-electron chi connectivity index (χ2n) is 9.26. The lowest BCUT2D eigenvalue weighted by Crippen LogP contribution is -2.33. The van der Waals surface area contributed by atoms with Crippen molar-refractivity contribution < 1.29 is 18.7 Å². The molecule has 9 heteroatoms. The lowest BCUT2D eigenvalue weighted by Gasteiger charge is -2.22. The van der Waals surface area contributed by atoms with Crippen LogP contribution in [0, 0.1) is 5.82 Å². The summed E-state index contributed by atoms with van der Waals surface area (Å²) >= 11 is 3.46. The van der Waals surface area contributed by atoms with Crippen LogP contribution in [0.1, 0.15) is 24.4 Å². The Morgan fingerprint density at radius 3 is 2.55 bits per heavy atom. The van der Waals surface area contributed by atoms with E-state index < -0.39 is 12.3 Å². The summed E-state index contributed by atoms with van der Waals surface area (Å²) in [4.78, 5) is 30.5. The molecule has 2 aliphatic heterocycles. The highest BCUT2D eigenvalue weighted by atomic mass is 79.9. The van der Waals surface area contributed by atoms with Crippen LogP contribution in [0.5, 0.6) is 0 Å². The predicted octanol–water partition coefficient (Wildman–Crippen LogP) is 3.87. The molecule has 1 unspecified atom stereocenters. The fraction of sp³-hybridized carbons (Fsp3) is 0.172.